The van der Waals surface area contributed by atoms with Crippen molar-refractivity contribution in [3.8, 4) is 0 Å². The molecule has 0 aliphatic carbocycles. The summed E-state index contributed by atoms with van der Waals surface area (Å²) >= 11 is 0. The molecule has 1 amide bonds. The molecular weight excluding hydrogens is 342 g/mol. The molecule has 2 atom stereocenters. The molecule has 0 aliphatic rings. The molecule has 0 saturated carbocycles. The Labute approximate surface area is 154 Å². The summed E-state index contributed by atoms with van der Waals surface area (Å²) in [7, 11) is 1.34. The highest BCUT2D eigenvalue weighted by atomic mass is 16.6. The number of carbonyl (C=O) groups excluding carboxylic acids is 2. The number of methoxy groups -OCH3 is 1. The van der Waals surface area contributed by atoms with E-state index in [1.165, 1.54) is 7.11 Å². The van der Waals surface area contributed by atoms with E-state index in [2.05, 4.69) is 4.99 Å². The Hall–Kier alpha value is -1.96. The molecule has 0 unspecified atom stereocenters. The van der Waals surface area contributed by atoms with Crippen molar-refractivity contribution >= 4 is 23.7 Å². The molecule has 0 fully saturated rings. The van der Waals surface area contributed by atoms with Gasteiger partial charge in [0.25, 0.3) is 0 Å². The number of esters is 1. The number of carbonyl (C=O) groups is 3. The number of aliphatic carboxylic acids is 1. The predicted octanol–water partition coefficient (Wildman–Crippen LogP) is 3.22. The molecule has 0 radical (unpaired) electrons. The number of unbranched alkanes of at least 4 members (excludes halogenated alkanes) is 1. The maximum atomic E-state index is 12.4. The number of hydrogen-bond acceptors (Lipinski definition) is 6. The Morgan fingerprint density at radius 2 is 1.81 bits per heavy atom. The first kappa shape index (κ1) is 24.0. The summed E-state index contributed by atoms with van der Waals surface area (Å²) in [6, 6.07) is 0. The van der Waals surface area contributed by atoms with Crippen LogP contribution in [0, 0.1) is 5.92 Å². The van der Waals surface area contributed by atoms with Crippen molar-refractivity contribution in [2.75, 3.05) is 13.7 Å². The second kappa shape index (κ2) is 11.6. The van der Waals surface area contributed by atoms with Crippen molar-refractivity contribution in [1.29, 1.82) is 0 Å². The zero-order chi connectivity index (χ0) is 20.3. The molecule has 8 nitrogen and oxygen atoms in total. The van der Waals surface area contributed by atoms with Gasteiger partial charge >= 0.3 is 18.0 Å². The van der Waals surface area contributed by atoms with Crippen molar-refractivity contribution in [1.82, 2.24) is 0 Å². The summed E-state index contributed by atoms with van der Waals surface area (Å²) in [4.78, 5) is 38.9. The largest absolute Gasteiger partial charge is 0.481 e. The van der Waals surface area contributed by atoms with E-state index in [0.717, 1.165) is 19.3 Å². The highest BCUT2D eigenvalue weighted by Crippen LogP contribution is 2.19. The number of aliphatic imine (C=N–C) groups is 1. The number of ether oxygens (including phenoxy) is 3. The van der Waals surface area contributed by atoms with E-state index in [-0.39, 0.29) is 24.7 Å². The third-order valence-corrected chi connectivity index (χ3v) is 3.42. The molecule has 0 aromatic carbocycles. The quantitative estimate of drug-likeness (QED) is 0.462. The normalized spacial score (nSPS) is 14.5. The molecule has 0 bridgehead atoms. The molecule has 26 heavy (non-hydrogen) atoms. The molecule has 8 heteroatoms. The molecule has 0 saturated heterocycles. The van der Waals surface area contributed by atoms with Crippen LogP contribution in [0.2, 0.25) is 0 Å². The van der Waals surface area contributed by atoms with Crippen molar-refractivity contribution in [3.05, 3.63) is 0 Å². The maximum Gasteiger partial charge on any atom is 0.434 e. The second-order valence-electron chi connectivity index (χ2n) is 7.13. The number of carboxylic acid groups (broad SMARTS) is 1. The van der Waals surface area contributed by atoms with E-state index in [0.29, 0.717) is 0 Å². The van der Waals surface area contributed by atoms with Crippen LogP contribution in [0.1, 0.15) is 60.3 Å². The fraction of sp³-hybridized carbons (Fsp3) is 0.778. The Kier molecular flexibility index (Phi) is 10.7. The van der Waals surface area contributed by atoms with Gasteiger partial charge in [-0.3, -0.25) is 4.79 Å². The Morgan fingerprint density at radius 3 is 2.27 bits per heavy atom. The lowest BCUT2D eigenvalue weighted by Gasteiger charge is -2.23. The van der Waals surface area contributed by atoms with Gasteiger partial charge in [-0.25, -0.2) is 9.59 Å². The predicted molar refractivity (Wildman–Crippen MR) is 96.4 cm³/mol. The van der Waals surface area contributed by atoms with Crippen molar-refractivity contribution in [2.24, 2.45) is 10.9 Å². The number of amides is 1. The molecule has 0 rings (SSSR count). The third kappa shape index (κ3) is 10.8. The molecule has 1 N–H and O–H groups in total. The van der Waals surface area contributed by atoms with Crippen LogP contribution in [0.15, 0.2) is 4.99 Å². The van der Waals surface area contributed by atoms with E-state index in [4.69, 9.17) is 19.3 Å². The molecule has 0 aliphatic heterocycles. The summed E-state index contributed by atoms with van der Waals surface area (Å²) in [5.41, 5.74) is -1.02. The average Bonchev–Trinajstić information content (AvgIpc) is 2.49. The van der Waals surface area contributed by atoms with Crippen LogP contribution < -0.4 is 0 Å². The summed E-state index contributed by atoms with van der Waals surface area (Å²) in [6.45, 7) is 8.63. The smallest absolute Gasteiger partial charge is 0.434 e. The highest BCUT2D eigenvalue weighted by molar-refractivity contribution is 6.38. The van der Waals surface area contributed by atoms with Gasteiger partial charge in [0.05, 0.1) is 13.0 Å². The van der Waals surface area contributed by atoms with E-state index in [1.54, 1.807) is 20.8 Å². The van der Waals surface area contributed by atoms with Gasteiger partial charge in [-0.15, -0.1) is 0 Å². The Bertz CT molecular complexity index is 508. The van der Waals surface area contributed by atoms with Crippen LogP contribution in [-0.2, 0) is 23.8 Å². The maximum absolute atomic E-state index is 12.4. The van der Waals surface area contributed by atoms with Gasteiger partial charge in [0, 0.05) is 7.11 Å². The number of carboxylic acids is 1. The summed E-state index contributed by atoms with van der Waals surface area (Å²) < 4.78 is 15.3. The fourth-order valence-corrected chi connectivity index (χ4v) is 2.12. The SMILES string of the molecule is CCCC[C@H](C)[C@H](CC(=O)O)OC(=O)/C(COC)=N\C(=O)OC(C)(C)C. The lowest BCUT2D eigenvalue weighted by atomic mass is 9.95. The summed E-state index contributed by atoms with van der Waals surface area (Å²) in [5.74, 6) is -2.09. The molecular formula is C18H31NO7. The number of nitrogens with zero attached hydrogens (tertiary/aromatic N) is 1. The van der Waals surface area contributed by atoms with Gasteiger partial charge in [0.1, 0.15) is 11.7 Å². The minimum Gasteiger partial charge on any atom is -0.481 e. The lowest BCUT2D eigenvalue weighted by Crippen LogP contribution is -2.33. The van der Waals surface area contributed by atoms with Crippen molar-refractivity contribution < 1.29 is 33.7 Å². The minimum absolute atomic E-state index is 0.139. The lowest BCUT2D eigenvalue weighted by molar-refractivity contribution is -0.150. The second-order valence-corrected chi connectivity index (χ2v) is 7.13. The molecule has 150 valence electrons. The fourth-order valence-electron chi connectivity index (χ4n) is 2.12. The number of hydrogen-bond donors (Lipinski definition) is 1. The molecule has 0 aromatic heterocycles. The van der Waals surface area contributed by atoms with Crippen LogP contribution in [0.3, 0.4) is 0 Å². The third-order valence-electron chi connectivity index (χ3n) is 3.42. The van der Waals surface area contributed by atoms with Crippen LogP contribution in [0.5, 0.6) is 0 Å². The minimum atomic E-state index is -1.07. The number of rotatable bonds is 10. The van der Waals surface area contributed by atoms with Crippen LogP contribution in [-0.4, -0.2) is 54.3 Å². The van der Waals surface area contributed by atoms with Gasteiger partial charge in [0.15, 0.2) is 5.71 Å². The van der Waals surface area contributed by atoms with E-state index < -0.39 is 29.7 Å². The first-order chi connectivity index (χ1) is 12.0. The molecule has 0 heterocycles. The zero-order valence-corrected chi connectivity index (χ0v) is 16.5. The first-order valence-electron chi connectivity index (χ1n) is 8.72. The topological polar surface area (TPSA) is 111 Å². The monoisotopic (exact) mass is 373 g/mol. The van der Waals surface area contributed by atoms with E-state index in [1.807, 2.05) is 13.8 Å². The van der Waals surface area contributed by atoms with Crippen LogP contribution >= 0.6 is 0 Å². The van der Waals surface area contributed by atoms with E-state index >= 15 is 0 Å². The molecule has 0 spiro atoms. The highest BCUT2D eigenvalue weighted by Gasteiger charge is 2.27. The van der Waals surface area contributed by atoms with Gasteiger partial charge in [-0.1, -0.05) is 26.7 Å². The van der Waals surface area contributed by atoms with Crippen LogP contribution in [0.4, 0.5) is 4.79 Å². The first-order valence-corrected chi connectivity index (χ1v) is 8.72. The zero-order valence-electron chi connectivity index (χ0n) is 16.5. The van der Waals surface area contributed by atoms with Gasteiger partial charge in [0.2, 0.25) is 0 Å². The average molecular weight is 373 g/mol. The van der Waals surface area contributed by atoms with Gasteiger partial charge in [-0.05, 0) is 33.1 Å². The van der Waals surface area contributed by atoms with Crippen LogP contribution in [0.25, 0.3) is 0 Å². The van der Waals surface area contributed by atoms with Gasteiger partial charge < -0.3 is 19.3 Å². The van der Waals surface area contributed by atoms with Gasteiger partial charge in [-0.2, -0.15) is 4.99 Å². The summed E-state index contributed by atoms with van der Waals surface area (Å²) in [6.07, 6.45) is 0.509. The Morgan fingerprint density at radius 1 is 1.19 bits per heavy atom. The standard InChI is InChI=1S/C18H31NO7/c1-7-8-9-12(2)14(10-15(20)21)25-16(22)13(11-24-6)19-17(23)26-18(3,4)5/h12,14H,7-11H2,1-6H3,(H,20,21)/b19-13-/t12-,14-/m0/s1. The Balaban J connectivity index is 5.22. The summed E-state index contributed by atoms with van der Waals surface area (Å²) in [5, 5.41) is 9.07. The molecule has 0 aromatic rings. The van der Waals surface area contributed by atoms with E-state index in [9.17, 15) is 14.4 Å². The van der Waals surface area contributed by atoms with Crippen molar-refractivity contribution in [2.45, 2.75) is 72.0 Å². The van der Waals surface area contributed by atoms with Crippen molar-refractivity contribution in [3.63, 3.8) is 0 Å².